The lowest BCUT2D eigenvalue weighted by Gasteiger charge is -1.98. The smallest absolute Gasteiger partial charge is 0.185 e. The maximum Gasteiger partial charge on any atom is 0.185 e. The topological polar surface area (TPSA) is 34.4 Å². The van der Waals surface area contributed by atoms with Gasteiger partial charge in [-0.15, -0.1) is 0 Å². The van der Waals surface area contributed by atoms with E-state index in [-0.39, 0.29) is 0 Å². The largest absolute Gasteiger partial charge is 0.295 e. The number of imidazole rings is 1. The number of carbonyl (C=O) groups is 1. The molecule has 0 fully saturated rings. The van der Waals surface area contributed by atoms with E-state index in [1.807, 2.05) is 29.5 Å². The van der Waals surface area contributed by atoms with Gasteiger partial charge < -0.3 is 0 Å². The van der Waals surface area contributed by atoms with Crippen molar-refractivity contribution in [2.45, 2.75) is 6.92 Å². The third-order valence-corrected chi connectivity index (χ3v) is 1.88. The van der Waals surface area contributed by atoms with Gasteiger partial charge in [-0.25, -0.2) is 4.98 Å². The fourth-order valence-electron chi connectivity index (χ4n) is 1.33. The Labute approximate surface area is 69.7 Å². The number of aryl methyl sites for hydroxylation is 1. The highest BCUT2D eigenvalue weighted by molar-refractivity contribution is 5.72. The second kappa shape index (κ2) is 2.44. The molecule has 0 saturated carbocycles. The van der Waals surface area contributed by atoms with Crippen LogP contribution in [-0.4, -0.2) is 15.7 Å². The number of carbonyl (C=O) groups excluding carboxylic acids is 1. The SMILES string of the molecule is Cc1cccc2cnc(C=O)n12. The van der Waals surface area contributed by atoms with Crippen molar-refractivity contribution in [1.82, 2.24) is 9.38 Å². The van der Waals surface area contributed by atoms with Crippen molar-refractivity contribution in [3.05, 3.63) is 35.9 Å². The summed E-state index contributed by atoms with van der Waals surface area (Å²) in [5, 5.41) is 0. The second-order valence-electron chi connectivity index (χ2n) is 2.66. The number of nitrogens with zero attached hydrogens (tertiary/aromatic N) is 2. The monoisotopic (exact) mass is 160 g/mol. The zero-order valence-electron chi connectivity index (χ0n) is 6.69. The normalized spacial score (nSPS) is 10.4. The van der Waals surface area contributed by atoms with Crippen molar-refractivity contribution in [2.75, 3.05) is 0 Å². The van der Waals surface area contributed by atoms with E-state index in [4.69, 9.17) is 0 Å². The summed E-state index contributed by atoms with van der Waals surface area (Å²) in [6.07, 6.45) is 2.46. The van der Waals surface area contributed by atoms with E-state index < -0.39 is 0 Å². The maximum absolute atomic E-state index is 10.6. The van der Waals surface area contributed by atoms with Gasteiger partial charge in [0.25, 0.3) is 0 Å². The van der Waals surface area contributed by atoms with E-state index in [1.54, 1.807) is 6.20 Å². The van der Waals surface area contributed by atoms with E-state index in [0.29, 0.717) is 5.82 Å². The molecule has 0 spiro atoms. The average Bonchev–Trinajstić information content (AvgIpc) is 2.49. The highest BCUT2D eigenvalue weighted by Gasteiger charge is 2.02. The Hall–Kier alpha value is -1.64. The molecular formula is C9H8N2O. The van der Waals surface area contributed by atoms with E-state index in [2.05, 4.69) is 4.98 Å². The maximum atomic E-state index is 10.6. The fraction of sp³-hybridized carbons (Fsp3) is 0.111. The van der Waals surface area contributed by atoms with Gasteiger partial charge in [-0.1, -0.05) is 6.07 Å². The molecule has 0 saturated heterocycles. The van der Waals surface area contributed by atoms with Gasteiger partial charge >= 0.3 is 0 Å². The molecule has 0 aliphatic carbocycles. The summed E-state index contributed by atoms with van der Waals surface area (Å²) >= 11 is 0. The van der Waals surface area contributed by atoms with Gasteiger partial charge in [-0.2, -0.15) is 0 Å². The third-order valence-electron chi connectivity index (χ3n) is 1.88. The summed E-state index contributed by atoms with van der Waals surface area (Å²) < 4.78 is 1.83. The van der Waals surface area contributed by atoms with Crippen LogP contribution < -0.4 is 0 Å². The van der Waals surface area contributed by atoms with Crippen molar-refractivity contribution < 1.29 is 4.79 Å². The molecule has 0 aliphatic heterocycles. The summed E-state index contributed by atoms with van der Waals surface area (Å²) in [5.74, 6) is 0.461. The minimum absolute atomic E-state index is 0.461. The highest BCUT2D eigenvalue weighted by atomic mass is 16.1. The van der Waals surface area contributed by atoms with Crippen LogP contribution in [0.25, 0.3) is 5.52 Å². The predicted molar refractivity (Wildman–Crippen MR) is 45.3 cm³/mol. The van der Waals surface area contributed by atoms with Crippen LogP contribution >= 0.6 is 0 Å². The van der Waals surface area contributed by atoms with E-state index in [9.17, 15) is 4.79 Å². The Morgan fingerprint density at radius 2 is 2.33 bits per heavy atom. The lowest BCUT2D eigenvalue weighted by Crippen LogP contribution is -1.95. The van der Waals surface area contributed by atoms with Crippen LogP contribution in [0.1, 0.15) is 16.3 Å². The molecule has 0 aromatic carbocycles. The van der Waals surface area contributed by atoms with Gasteiger partial charge in [0.05, 0.1) is 11.7 Å². The summed E-state index contributed by atoms with van der Waals surface area (Å²) in [4.78, 5) is 14.5. The Bertz CT molecular complexity index is 431. The highest BCUT2D eigenvalue weighted by Crippen LogP contribution is 2.08. The van der Waals surface area contributed by atoms with Crippen LogP contribution in [0, 0.1) is 6.92 Å². The van der Waals surface area contributed by atoms with Gasteiger partial charge in [0, 0.05) is 5.69 Å². The van der Waals surface area contributed by atoms with E-state index in [0.717, 1.165) is 17.5 Å². The average molecular weight is 160 g/mol. The molecule has 0 bridgehead atoms. The van der Waals surface area contributed by atoms with Crippen LogP contribution in [0.4, 0.5) is 0 Å². The molecule has 12 heavy (non-hydrogen) atoms. The first-order chi connectivity index (χ1) is 5.83. The van der Waals surface area contributed by atoms with Crippen molar-refractivity contribution in [2.24, 2.45) is 0 Å². The fourth-order valence-corrected chi connectivity index (χ4v) is 1.33. The van der Waals surface area contributed by atoms with Crippen LogP contribution in [0.2, 0.25) is 0 Å². The van der Waals surface area contributed by atoms with Gasteiger partial charge in [0.1, 0.15) is 0 Å². The van der Waals surface area contributed by atoms with E-state index >= 15 is 0 Å². The number of rotatable bonds is 1. The molecule has 2 aromatic rings. The predicted octanol–water partition coefficient (Wildman–Crippen LogP) is 1.46. The van der Waals surface area contributed by atoms with Gasteiger partial charge in [0.15, 0.2) is 12.1 Å². The number of fused-ring (bicyclic) bond motifs is 1. The van der Waals surface area contributed by atoms with Crippen LogP contribution in [0.5, 0.6) is 0 Å². The number of hydrogen-bond donors (Lipinski definition) is 0. The van der Waals surface area contributed by atoms with Gasteiger partial charge in [0.2, 0.25) is 0 Å². The minimum Gasteiger partial charge on any atom is -0.295 e. The molecule has 2 aromatic heterocycles. The summed E-state index contributed by atoms with van der Waals surface area (Å²) in [6, 6.07) is 5.82. The Morgan fingerprint density at radius 1 is 1.50 bits per heavy atom. The van der Waals surface area contributed by atoms with Gasteiger partial charge in [-0.05, 0) is 19.1 Å². The summed E-state index contributed by atoms with van der Waals surface area (Å²) in [6.45, 7) is 1.95. The molecule has 2 heterocycles. The standard InChI is InChI=1S/C9H8N2O/c1-7-3-2-4-8-5-10-9(6-12)11(7)8/h2-6H,1H3. The molecule has 0 N–H and O–H groups in total. The third kappa shape index (κ3) is 0.830. The second-order valence-corrected chi connectivity index (χ2v) is 2.66. The number of pyridine rings is 1. The number of hydrogen-bond acceptors (Lipinski definition) is 2. The lowest BCUT2D eigenvalue weighted by molar-refractivity contribution is 0.111. The molecule has 0 unspecified atom stereocenters. The Balaban J connectivity index is 2.91. The first kappa shape index (κ1) is 7.03. The van der Waals surface area contributed by atoms with Crippen LogP contribution in [-0.2, 0) is 0 Å². The van der Waals surface area contributed by atoms with E-state index in [1.165, 1.54) is 0 Å². The van der Waals surface area contributed by atoms with Crippen LogP contribution in [0.15, 0.2) is 24.4 Å². The first-order valence-electron chi connectivity index (χ1n) is 3.71. The van der Waals surface area contributed by atoms with Gasteiger partial charge in [-0.3, -0.25) is 9.20 Å². The van der Waals surface area contributed by atoms with Crippen molar-refractivity contribution in [1.29, 1.82) is 0 Å². The summed E-state index contributed by atoms with van der Waals surface area (Å²) in [5.41, 5.74) is 1.98. The van der Waals surface area contributed by atoms with Crippen LogP contribution in [0.3, 0.4) is 0 Å². The quantitative estimate of drug-likeness (QED) is 0.592. The molecule has 60 valence electrons. The zero-order chi connectivity index (χ0) is 8.55. The molecule has 3 heteroatoms. The minimum atomic E-state index is 0.461. The molecule has 0 radical (unpaired) electrons. The van der Waals surface area contributed by atoms with Crippen molar-refractivity contribution in [3.8, 4) is 0 Å². The van der Waals surface area contributed by atoms with Crippen molar-refractivity contribution >= 4 is 11.8 Å². The molecule has 3 nitrogen and oxygen atoms in total. The first-order valence-corrected chi connectivity index (χ1v) is 3.71. The molecule has 0 atom stereocenters. The zero-order valence-corrected chi connectivity index (χ0v) is 6.69. The molecular weight excluding hydrogens is 152 g/mol. The molecule has 0 amide bonds. The lowest BCUT2D eigenvalue weighted by atomic mass is 10.3. The Kier molecular flexibility index (Phi) is 1.43. The molecule has 0 aliphatic rings. The summed E-state index contributed by atoms with van der Waals surface area (Å²) in [7, 11) is 0. The Morgan fingerprint density at radius 3 is 3.08 bits per heavy atom. The van der Waals surface area contributed by atoms with Crippen molar-refractivity contribution in [3.63, 3.8) is 0 Å². The molecule has 2 rings (SSSR count). The number of aromatic nitrogens is 2. The number of aldehydes is 1.